The van der Waals surface area contributed by atoms with Gasteiger partial charge in [0.2, 0.25) is 5.91 Å². The molecule has 0 spiro atoms. The van der Waals surface area contributed by atoms with Gasteiger partial charge in [0.1, 0.15) is 11.6 Å². The van der Waals surface area contributed by atoms with Crippen LogP contribution in [-0.2, 0) is 17.8 Å². The van der Waals surface area contributed by atoms with Gasteiger partial charge in [-0.3, -0.25) is 9.59 Å². The summed E-state index contributed by atoms with van der Waals surface area (Å²) in [5, 5.41) is 2.75. The average Bonchev–Trinajstić information content (AvgIpc) is 3.46. The monoisotopic (exact) mass is 339 g/mol. The van der Waals surface area contributed by atoms with E-state index in [-0.39, 0.29) is 23.5 Å². The van der Waals surface area contributed by atoms with Gasteiger partial charge in [-0.15, -0.1) is 0 Å². The zero-order chi connectivity index (χ0) is 17.4. The minimum atomic E-state index is -0.210. The molecule has 6 heteroatoms. The fourth-order valence-electron chi connectivity index (χ4n) is 3.12. The molecule has 2 amide bonds. The Morgan fingerprint density at radius 3 is 2.88 bits per heavy atom. The number of nitrogens with one attached hydrogen (secondary N) is 1. The first-order chi connectivity index (χ1) is 12.1. The number of amides is 2. The summed E-state index contributed by atoms with van der Waals surface area (Å²) < 4.78 is 13.8. The predicted octanol–water partition coefficient (Wildman–Crippen LogP) is 2.77. The summed E-state index contributed by atoms with van der Waals surface area (Å²) in [6, 6.07) is 8.21. The Morgan fingerprint density at radius 1 is 1.24 bits per heavy atom. The minimum Gasteiger partial charge on any atom is -0.334 e. The van der Waals surface area contributed by atoms with Crippen LogP contribution in [-0.4, -0.2) is 28.2 Å². The van der Waals surface area contributed by atoms with Crippen molar-refractivity contribution in [2.75, 3.05) is 11.9 Å². The second-order valence-electron chi connectivity index (χ2n) is 6.55. The molecule has 1 aliphatic carbocycles. The van der Waals surface area contributed by atoms with Gasteiger partial charge in [0.15, 0.2) is 0 Å². The van der Waals surface area contributed by atoms with E-state index in [1.165, 1.54) is 12.3 Å². The molecule has 0 bridgehead atoms. The van der Waals surface area contributed by atoms with Crippen LogP contribution in [0.15, 0.2) is 36.5 Å². The van der Waals surface area contributed by atoms with Crippen LogP contribution in [0, 0.1) is 11.7 Å². The number of halogens is 1. The first kappa shape index (κ1) is 15.7. The van der Waals surface area contributed by atoms with Gasteiger partial charge in [-0.2, -0.15) is 0 Å². The lowest BCUT2D eigenvalue weighted by Gasteiger charge is -2.29. The Balaban J connectivity index is 1.50. The van der Waals surface area contributed by atoms with Crippen molar-refractivity contribution in [2.24, 2.45) is 5.92 Å². The lowest BCUT2D eigenvalue weighted by Crippen LogP contribution is -2.36. The second-order valence-corrected chi connectivity index (χ2v) is 6.55. The summed E-state index contributed by atoms with van der Waals surface area (Å²) in [4.78, 5) is 30.4. The summed E-state index contributed by atoms with van der Waals surface area (Å²) in [6.07, 6.45) is 3.85. The molecule has 2 aliphatic rings. The van der Waals surface area contributed by atoms with Gasteiger partial charge in [0.25, 0.3) is 5.91 Å². The van der Waals surface area contributed by atoms with E-state index < -0.39 is 0 Å². The van der Waals surface area contributed by atoms with Gasteiger partial charge in [0, 0.05) is 30.8 Å². The number of benzene rings is 1. The minimum absolute atomic E-state index is 0.0422. The van der Waals surface area contributed by atoms with Crippen LogP contribution in [0.4, 0.5) is 10.2 Å². The molecule has 0 atom stereocenters. The molecule has 1 aliphatic heterocycles. The number of carbonyl (C=O) groups excluding carboxylic acids is 2. The normalized spacial score (nSPS) is 16.3. The van der Waals surface area contributed by atoms with Crippen molar-refractivity contribution in [3.05, 3.63) is 59.0 Å². The molecule has 1 aromatic carbocycles. The molecule has 128 valence electrons. The molecule has 4 rings (SSSR count). The van der Waals surface area contributed by atoms with Crippen LogP contribution < -0.4 is 5.32 Å². The number of hydrogen-bond donors (Lipinski definition) is 1. The molecule has 25 heavy (non-hydrogen) atoms. The molecule has 5 nitrogen and oxygen atoms in total. The first-order valence-corrected chi connectivity index (χ1v) is 8.44. The Morgan fingerprint density at radius 2 is 2.08 bits per heavy atom. The summed E-state index contributed by atoms with van der Waals surface area (Å²) in [5.41, 5.74) is 2.01. The first-order valence-electron chi connectivity index (χ1n) is 8.44. The number of pyridine rings is 1. The number of rotatable bonds is 3. The predicted molar refractivity (Wildman–Crippen MR) is 90.4 cm³/mol. The van der Waals surface area contributed by atoms with Crippen LogP contribution in [0.3, 0.4) is 0 Å². The van der Waals surface area contributed by atoms with E-state index in [2.05, 4.69) is 10.3 Å². The van der Waals surface area contributed by atoms with Crippen LogP contribution >= 0.6 is 0 Å². The van der Waals surface area contributed by atoms with Gasteiger partial charge >= 0.3 is 0 Å². The molecular formula is C19H18FN3O2. The van der Waals surface area contributed by atoms with Gasteiger partial charge in [-0.1, -0.05) is 12.1 Å². The van der Waals surface area contributed by atoms with Crippen molar-refractivity contribution in [1.29, 1.82) is 0 Å². The van der Waals surface area contributed by atoms with Crippen molar-refractivity contribution < 1.29 is 14.0 Å². The number of aromatic nitrogens is 1. The van der Waals surface area contributed by atoms with E-state index in [0.717, 1.165) is 18.4 Å². The molecule has 1 fully saturated rings. The fraction of sp³-hybridized carbons (Fsp3) is 0.316. The molecular weight excluding hydrogens is 321 g/mol. The number of carbonyl (C=O) groups is 2. The van der Waals surface area contributed by atoms with E-state index in [1.807, 2.05) is 6.07 Å². The molecule has 1 saturated carbocycles. The van der Waals surface area contributed by atoms with E-state index in [0.29, 0.717) is 36.5 Å². The highest BCUT2D eigenvalue weighted by atomic mass is 19.1. The zero-order valence-electron chi connectivity index (χ0n) is 13.7. The molecule has 1 aromatic heterocycles. The van der Waals surface area contributed by atoms with Gasteiger partial charge in [-0.05, 0) is 48.6 Å². The van der Waals surface area contributed by atoms with Crippen molar-refractivity contribution in [2.45, 2.75) is 25.8 Å². The number of nitrogens with zero attached hydrogens (tertiary/aromatic N) is 2. The van der Waals surface area contributed by atoms with Crippen LogP contribution in [0.2, 0.25) is 0 Å². The maximum absolute atomic E-state index is 13.8. The Bertz CT molecular complexity index is 848. The maximum Gasteiger partial charge on any atom is 0.254 e. The van der Waals surface area contributed by atoms with Crippen LogP contribution in [0.1, 0.15) is 34.3 Å². The molecule has 0 unspecified atom stereocenters. The van der Waals surface area contributed by atoms with Crippen molar-refractivity contribution in [3.63, 3.8) is 0 Å². The third kappa shape index (κ3) is 3.24. The fourth-order valence-corrected chi connectivity index (χ4v) is 3.12. The lowest BCUT2D eigenvalue weighted by molar-refractivity contribution is -0.117. The highest BCUT2D eigenvalue weighted by Crippen LogP contribution is 2.30. The summed E-state index contributed by atoms with van der Waals surface area (Å²) >= 11 is 0. The number of hydrogen-bond acceptors (Lipinski definition) is 3. The Kier molecular flexibility index (Phi) is 3.95. The molecule has 2 heterocycles. The summed E-state index contributed by atoms with van der Waals surface area (Å²) in [6.45, 7) is 0.858. The van der Waals surface area contributed by atoms with Crippen molar-refractivity contribution in [1.82, 2.24) is 9.88 Å². The molecule has 1 N–H and O–H groups in total. The van der Waals surface area contributed by atoms with Crippen LogP contribution in [0.5, 0.6) is 0 Å². The largest absolute Gasteiger partial charge is 0.334 e. The van der Waals surface area contributed by atoms with E-state index >= 15 is 0 Å². The summed E-state index contributed by atoms with van der Waals surface area (Å²) in [7, 11) is 0. The molecule has 2 aromatic rings. The number of anilines is 1. The zero-order valence-corrected chi connectivity index (χ0v) is 13.7. The Hall–Kier alpha value is -2.76. The third-order valence-corrected chi connectivity index (χ3v) is 4.70. The van der Waals surface area contributed by atoms with E-state index in [4.69, 9.17) is 0 Å². The number of fused-ring (bicyclic) bond motifs is 1. The SMILES string of the molecule is O=C(Nc1cc(C(=O)N2CCc3c(F)cccc3C2)ccn1)C1CC1. The lowest BCUT2D eigenvalue weighted by atomic mass is 9.98. The molecule has 0 radical (unpaired) electrons. The van der Waals surface area contributed by atoms with E-state index in [1.54, 1.807) is 23.1 Å². The highest BCUT2D eigenvalue weighted by molar-refractivity contribution is 5.97. The summed E-state index contributed by atoms with van der Waals surface area (Å²) in [5.74, 6) is 0.0816. The molecule has 0 saturated heterocycles. The van der Waals surface area contributed by atoms with Crippen molar-refractivity contribution >= 4 is 17.6 Å². The average molecular weight is 339 g/mol. The Labute approximate surface area is 144 Å². The van der Waals surface area contributed by atoms with Gasteiger partial charge in [0.05, 0.1) is 0 Å². The second kappa shape index (κ2) is 6.27. The quantitative estimate of drug-likeness (QED) is 0.935. The van der Waals surface area contributed by atoms with Crippen molar-refractivity contribution in [3.8, 4) is 0 Å². The smallest absolute Gasteiger partial charge is 0.254 e. The third-order valence-electron chi connectivity index (χ3n) is 4.70. The van der Waals surface area contributed by atoms with Crippen LogP contribution in [0.25, 0.3) is 0 Å². The van der Waals surface area contributed by atoms with Gasteiger partial charge < -0.3 is 10.2 Å². The standard InChI is InChI=1S/C19H18FN3O2/c20-16-3-1-2-14-11-23(9-7-15(14)16)19(25)13-6-8-21-17(10-13)22-18(24)12-4-5-12/h1-3,6,8,10,12H,4-5,7,9,11H2,(H,21,22,24). The van der Waals surface area contributed by atoms with Gasteiger partial charge in [-0.25, -0.2) is 9.37 Å². The van der Waals surface area contributed by atoms with E-state index in [9.17, 15) is 14.0 Å². The highest BCUT2D eigenvalue weighted by Gasteiger charge is 2.30. The topological polar surface area (TPSA) is 62.3 Å². The maximum atomic E-state index is 13.8.